The molecule has 3 aromatic rings. The van der Waals surface area contributed by atoms with Crippen molar-refractivity contribution in [2.24, 2.45) is 5.73 Å². The van der Waals surface area contributed by atoms with Crippen LogP contribution in [-0.4, -0.2) is 38.1 Å². The van der Waals surface area contributed by atoms with Gasteiger partial charge >= 0.3 is 0 Å². The fraction of sp³-hybridized carbons (Fsp3) is 0.176. The first-order chi connectivity index (χ1) is 12.4. The van der Waals surface area contributed by atoms with E-state index in [1.54, 1.807) is 13.0 Å². The minimum atomic E-state index is -1.21. The lowest BCUT2D eigenvalue weighted by molar-refractivity contribution is 0.0905. The number of aliphatic hydroxyl groups is 1. The molecule has 2 amide bonds. The number of aromatic nitrogens is 3. The molecule has 4 N–H and O–H groups in total. The number of fused-ring (bicyclic) bond motifs is 1. The number of amides is 2. The SMILES string of the molecule is Cc1cc(C(=O)NC[C@@H](O)c2ccccc2F)n2ncc(C(N)=O)c2n1. The molecule has 0 spiro atoms. The number of aliphatic hydroxyl groups excluding tert-OH is 1. The van der Waals surface area contributed by atoms with Crippen molar-refractivity contribution in [1.29, 1.82) is 0 Å². The standard InChI is InChI=1S/C17H16FN5O3/c1-9-6-13(23-16(22-9)11(7-21-23)15(19)25)17(26)20-8-14(24)10-4-2-3-5-12(10)18/h2-7,14,24H,8H2,1H3,(H2,19,25)(H,20,26)/t14-/m1/s1. The second-order valence-electron chi connectivity index (χ2n) is 5.69. The smallest absolute Gasteiger partial charge is 0.270 e. The highest BCUT2D eigenvalue weighted by molar-refractivity contribution is 6.00. The molecule has 134 valence electrons. The highest BCUT2D eigenvalue weighted by Crippen LogP contribution is 2.16. The monoisotopic (exact) mass is 357 g/mol. The molecule has 2 heterocycles. The number of hydrogen-bond acceptors (Lipinski definition) is 5. The van der Waals surface area contributed by atoms with Crippen molar-refractivity contribution in [2.45, 2.75) is 13.0 Å². The molecule has 1 aromatic carbocycles. The van der Waals surface area contributed by atoms with E-state index in [9.17, 15) is 19.1 Å². The molecule has 8 nitrogen and oxygen atoms in total. The van der Waals surface area contributed by atoms with E-state index < -0.39 is 23.7 Å². The van der Waals surface area contributed by atoms with Gasteiger partial charge in [0.2, 0.25) is 0 Å². The van der Waals surface area contributed by atoms with Gasteiger partial charge in [0.1, 0.15) is 17.1 Å². The summed E-state index contributed by atoms with van der Waals surface area (Å²) in [6.45, 7) is 1.45. The number of halogens is 1. The Morgan fingerprint density at radius 2 is 2.12 bits per heavy atom. The van der Waals surface area contributed by atoms with Crippen molar-refractivity contribution in [3.05, 3.63) is 64.9 Å². The minimum Gasteiger partial charge on any atom is -0.386 e. The molecular formula is C17H16FN5O3. The van der Waals surface area contributed by atoms with Crippen molar-refractivity contribution in [3.8, 4) is 0 Å². The maximum absolute atomic E-state index is 13.7. The largest absolute Gasteiger partial charge is 0.386 e. The van der Waals surface area contributed by atoms with Crippen LogP contribution in [0.4, 0.5) is 4.39 Å². The van der Waals surface area contributed by atoms with Gasteiger partial charge in [-0.3, -0.25) is 9.59 Å². The van der Waals surface area contributed by atoms with Crippen molar-refractivity contribution in [1.82, 2.24) is 19.9 Å². The Hall–Kier alpha value is -3.33. The number of carbonyl (C=O) groups is 2. The lowest BCUT2D eigenvalue weighted by Crippen LogP contribution is -2.30. The normalized spacial score (nSPS) is 12.1. The predicted molar refractivity (Wildman–Crippen MR) is 89.9 cm³/mol. The van der Waals surface area contributed by atoms with E-state index in [1.165, 1.54) is 35.0 Å². The Kier molecular flexibility index (Phi) is 4.63. The quantitative estimate of drug-likeness (QED) is 0.621. The van der Waals surface area contributed by atoms with Crippen molar-refractivity contribution in [2.75, 3.05) is 6.54 Å². The van der Waals surface area contributed by atoms with Gasteiger partial charge in [0, 0.05) is 17.8 Å². The molecule has 0 radical (unpaired) electrons. The van der Waals surface area contributed by atoms with Crippen LogP contribution in [0.1, 0.15) is 38.2 Å². The van der Waals surface area contributed by atoms with Gasteiger partial charge in [0.05, 0.1) is 12.3 Å². The summed E-state index contributed by atoms with van der Waals surface area (Å²) in [4.78, 5) is 28.1. The molecule has 0 saturated carbocycles. The summed E-state index contributed by atoms with van der Waals surface area (Å²) < 4.78 is 14.9. The number of nitrogens with one attached hydrogen (secondary N) is 1. The van der Waals surface area contributed by atoms with Crippen LogP contribution in [0.5, 0.6) is 0 Å². The molecule has 0 bridgehead atoms. The van der Waals surface area contributed by atoms with Crippen LogP contribution in [-0.2, 0) is 0 Å². The molecule has 0 fully saturated rings. The van der Waals surface area contributed by atoms with E-state index in [2.05, 4.69) is 15.4 Å². The van der Waals surface area contributed by atoms with E-state index in [-0.39, 0.29) is 29.0 Å². The second-order valence-corrected chi connectivity index (χ2v) is 5.69. The maximum Gasteiger partial charge on any atom is 0.270 e. The Morgan fingerprint density at radius 1 is 1.38 bits per heavy atom. The number of nitrogens with two attached hydrogens (primary N) is 1. The number of hydrogen-bond donors (Lipinski definition) is 3. The molecule has 0 unspecified atom stereocenters. The van der Waals surface area contributed by atoms with E-state index in [4.69, 9.17) is 5.73 Å². The third kappa shape index (κ3) is 3.24. The summed E-state index contributed by atoms with van der Waals surface area (Å²) >= 11 is 0. The number of primary amides is 1. The third-order valence-electron chi connectivity index (χ3n) is 3.82. The van der Waals surface area contributed by atoms with Gasteiger partial charge in [-0.1, -0.05) is 18.2 Å². The summed E-state index contributed by atoms with van der Waals surface area (Å²) in [7, 11) is 0. The Balaban J connectivity index is 1.84. The lowest BCUT2D eigenvalue weighted by Gasteiger charge is -2.13. The summed E-state index contributed by atoms with van der Waals surface area (Å²) in [6, 6.07) is 7.25. The zero-order valence-electron chi connectivity index (χ0n) is 13.8. The zero-order chi connectivity index (χ0) is 18.8. The van der Waals surface area contributed by atoms with Crippen LogP contribution in [0.3, 0.4) is 0 Å². The van der Waals surface area contributed by atoms with E-state index in [0.717, 1.165) is 0 Å². The average molecular weight is 357 g/mol. The van der Waals surface area contributed by atoms with E-state index in [1.807, 2.05) is 0 Å². The number of nitrogens with zero attached hydrogens (tertiary/aromatic N) is 3. The van der Waals surface area contributed by atoms with Crippen LogP contribution < -0.4 is 11.1 Å². The number of rotatable bonds is 5. The first-order valence-corrected chi connectivity index (χ1v) is 7.74. The highest BCUT2D eigenvalue weighted by atomic mass is 19.1. The fourth-order valence-corrected chi connectivity index (χ4v) is 2.55. The van der Waals surface area contributed by atoms with Gasteiger partial charge in [-0.15, -0.1) is 0 Å². The molecule has 2 aromatic heterocycles. The summed E-state index contributed by atoms with van der Waals surface area (Å²) in [5.41, 5.74) is 6.21. The number of carbonyl (C=O) groups excluding carboxylic acids is 2. The zero-order valence-corrected chi connectivity index (χ0v) is 13.8. The molecule has 0 saturated heterocycles. The Bertz CT molecular complexity index is 1000. The molecule has 9 heteroatoms. The van der Waals surface area contributed by atoms with Gasteiger partial charge in [-0.25, -0.2) is 13.9 Å². The number of aryl methyl sites for hydroxylation is 1. The molecule has 26 heavy (non-hydrogen) atoms. The second kappa shape index (κ2) is 6.89. The van der Waals surface area contributed by atoms with E-state index in [0.29, 0.717) is 5.69 Å². The molecule has 0 aliphatic carbocycles. The summed E-state index contributed by atoms with van der Waals surface area (Å²) in [6.07, 6.45) is 0.0205. The topological polar surface area (TPSA) is 123 Å². The molecule has 1 atom stereocenters. The lowest BCUT2D eigenvalue weighted by atomic mass is 10.1. The minimum absolute atomic E-state index is 0.0824. The van der Waals surface area contributed by atoms with Gasteiger partial charge in [0.15, 0.2) is 5.65 Å². The summed E-state index contributed by atoms with van der Waals surface area (Å²) in [5, 5.41) is 16.6. The van der Waals surface area contributed by atoms with Gasteiger partial charge in [0.25, 0.3) is 11.8 Å². The first-order valence-electron chi connectivity index (χ1n) is 7.74. The van der Waals surface area contributed by atoms with Crippen LogP contribution in [0.2, 0.25) is 0 Å². The highest BCUT2D eigenvalue weighted by Gasteiger charge is 2.19. The van der Waals surface area contributed by atoms with Gasteiger partial charge in [-0.2, -0.15) is 5.10 Å². The molecular weight excluding hydrogens is 341 g/mol. The molecule has 3 rings (SSSR count). The first kappa shape index (κ1) is 17.5. The van der Waals surface area contributed by atoms with Crippen molar-refractivity contribution < 1.29 is 19.1 Å². The predicted octanol–water partition coefficient (Wildman–Crippen LogP) is 0.739. The molecule has 0 aliphatic heterocycles. The molecule has 0 aliphatic rings. The number of benzene rings is 1. The van der Waals surface area contributed by atoms with Gasteiger partial charge in [-0.05, 0) is 19.1 Å². The van der Waals surface area contributed by atoms with E-state index >= 15 is 0 Å². The Labute approximate surface area is 147 Å². The van der Waals surface area contributed by atoms with Gasteiger partial charge < -0.3 is 16.2 Å². The summed E-state index contributed by atoms with van der Waals surface area (Å²) in [5.74, 6) is -1.83. The Morgan fingerprint density at radius 3 is 2.81 bits per heavy atom. The van der Waals surface area contributed by atoms with Crippen LogP contribution >= 0.6 is 0 Å². The van der Waals surface area contributed by atoms with Crippen LogP contribution in [0.15, 0.2) is 36.5 Å². The maximum atomic E-state index is 13.7. The van der Waals surface area contributed by atoms with Crippen LogP contribution in [0.25, 0.3) is 5.65 Å². The van der Waals surface area contributed by atoms with Crippen LogP contribution in [0, 0.1) is 12.7 Å². The average Bonchev–Trinajstić information content (AvgIpc) is 3.03. The third-order valence-corrected chi connectivity index (χ3v) is 3.82. The van der Waals surface area contributed by atoms with Crippen molar-refractivity contribution >= 4 is 17.5 Å². The fourth-order valence-electron chi connectivity index (χ4n) is 2.55. The van der Waals surface area contributed by atoms with Crippen molar-refractivity contribution in [3.63, 3.8) is 0 Å².